The zero-order valence-electron chi connectivity index (χ0n) is 9.70. The van der Waals surface area contributed by atoms with E-state index in [0.717, 1.165) is 6.61 Å². The van der Waals surface area contributed by atoms with E-state index in [-0.39, 0.29) is 0 Å². The van der Waals surface area contributed by atoms with E-state index < -0.39 is 8.07 Å². The highest BCUT2D eigenvalue weighted by molar-refractivity contribution is 6.90. The van der Waals surface area contributed by atoms with Gasteiger partial charge in [0.2, 0.25) is 0 Å². The number of rotatable bonds is 2. The molecule has 1 nitrogen and oxygen atoms in total. The van der Waals surface area contributed by atoms with E-state index in [1.165, 1.54) is 24.4 Å². The molecular formula is C13H20OSi. The molecule has 0 radical (unpaired) electrons. The summed E-state index contributed by atoms with van der Waals surface area (Å²) in [5, 5.41) is 1.52. The lowest BCUT2D eigenvalue weighted by Crippen LogP contribution is -2.54. The van der Waals surface area contributed by atoms with Crippen LogP contribution in [0.2, 0.25) is 13.1 Å². The second kappa shape index (κ2) is 4.50. The van der Waals surface area contributed by atoms with Crippen molar-refractivity contribution < 1.29 is 4.74 Å². The molecule has 1 heterocycles. The molecule has 0 aromatic heterocycles. The molecule has 1 saturated heterocycles. The van der Waals surface area contributed by atoms with Crippen molar-refractivity contribution in [2.75, 3.05) is 6.61 Å². The van der Waals surface area contributed by atoms with Gasteiger partial charge >= 0.3 is 0 Å². The molecule has 0 spiro atoms. The van der Waals surface area contributed by atoms with Gasteiger partial charge in [-0.25, -0.2) is 0 Å². The van der Waals surface area contributed by atoms with E-state index in [0.29, 0.717) is 5.73 Å². The third kappa shape index (κ3) is 2.32. The van der Waals surface area contributed by atoms with Crippen molar-refractivity contribution in [3.63, 3.8) is 0 Å². The van der Waals surface area contributed by atoms with Gasteiger partial charge < -0.3 is 4.74 Å². The lowest BCUT2D eigenvalue weighted by Gasteiger charge is -2.35. The predicted octanol–water partition coefficient (Wildman–Crippen LogP) is 2.71. The maximum Gasteiger partial charge on any atom is 0.113 e. The molecule has 2 heteroatoms. The van der Waals surface area contributed by atoms with Crippen LogP contribution >= 0.6 is 0 Å². The third-order valence-electron chi connectivity index (χ3n) is 3.50. The summed E-state index contributed by atoms with van der Waals surface area (Å²) in [6.07, 6.45) is 3.85. The van der Waals surface area contributed by atoms with Crippen LogP contribution in [0.5, 0.6) is 0 Å². The molecule has 1 aliphatic rings. The normalized spacial score (nSPS) is 22.7. The van der Waals surface area contributed by atoms with Crippen LogP contribution in [0.3, 0.4) is 0 Å². The predicted molar refractivity (Wildman–Crippen MR) is 67.1 cm³/mol. The smallest absolute Gasteiger partial charge is 0.113 e. The summed E-state index contributed by atoms with van der Waals surface area (Å²) < 4.78 is 5.96. The Bertz CT molecular complexity index is 302. The van der Waals surface area contributed by atoms with Crippen LogP contribution < -0.4 is 5.19 Å². The molecule has 1 atom stereocenters. The van der Waals surface area contributed by atoms with Crippen LogP contribution in [0, 0.1) is 0 Å². The summed E-state index contributed by atoms with van der Waals surface area (Å²) in [6.45, 7) is 5.82. The van der Waals surface area contributed by atoms with E-state index in [1.54, 1.807) is 0 Å². The van der Waals surface area contributed by atoms with Gasteiger partial charge in [0.15, 0.2) is 0 Å². The Morgan fingerprint density at radius 2 is 1.87 bits per heavy atom. The fraction of sp³-hybridized carbons (Fsp3) is 0.538. The summed E-state index contributed by atoms with van der Waals surface area (Å²) >= 11 is 0. The summed E-state index contributed by atoms with van der Waals surface area (Å²) in [5.74, 6) is 0. The van der Waals surface area contributed by atoms with Gasteiger partial charge in [-0.05, 0) is 19.3 Å². The zero-order valence-corrected chi connectivity index (χ0v) is 10.7. The fourth-order valence-electron chi connectivity index (χ4n) is 2.36. The summed E-state index contributed by atoms with van der Waals surface area (Å²) in [7, 11) is -1.40. The first-order valence-corrected chi connectivity index (χ1v) is 8.96. The van der Waals surface area contributed by atoms with E-state index in [1.807, 2.05) is 0 Å². The Morgan fingerprint density at radius 1 is 1.13 bits per heavy atom. The van der Waals surface area contributed by atoms with E-state index in [9.17, 15) is 0 Å². The molecule has 1 aromatic carbocycles. The van der Waals surface area contributed by atoms with Gasteiger partial charge in [-0.3, -0.25) is 0 Å². The molecule has 0 aliphatic carbocycles. The first-order valence-electron chi connectivity index (χ1n) is 5.88. The van der Waals surface area contributed by atoms with Crippen LogP contribution in [-0.4, -0.2) is 20.4 Å². The first kappa shape index (κ1) is 10.9. The molecule has 0 amide bonds. The van der Waals surface area contributed by atoms with Gasteiger partial charge in [0, 0.05) is 6.61 Å². The number of benzene rings is 1. The van der Waals surface area contributed by atoms with Gasteiger partial charge in [-0.2, -0.15) is 0 Å². The molecule has 15 heavy (non-hydrogen) atoms. The highest BCUT2D eigenvalue weighted by atomic mass is 28.3. The monoisotopic (exact) mass is 220 g/mol. The van der Waals surface area contributed by atoms with Crippen LogP contribution in [0.1, 0.15) is 19.3 Å². The Morgan fingerprint density at radius 3 is 2.47 bits per heavy atom. The van der Waals surface area contributed by atoms with Crippen LogP contribution in [0.4, 0.5) is 0 Å². The molecular weight excluding hydrogens is 200 g/mol. The van der Waals surface area contributed by atoms with Crippen molar-refractivity contribution >= 4 is 13.3 Å². The molecule has 1 fully saturated rings. The highest BCUT2D eigenvalue weighted by Crippen LogP contribution is 2.22. The second-order valence-electron chi connectivity index (χ2n) is 4.94. The summed E-state index contributed by atoms with van der Waals surface area (Å²) in [5.41, 5.74) is 0.522. The van der Waals surface area contributed by atoms with Crippen LogP contribution in [-0.2, 0) is 4.74 Å². The zero-order chi connectivity index (χ0) is 10.7. The average Bonchev–Trinajstić information content (AvgIpc) is 2.31. The number of hydrogen-bond acceptors (Lipinski definition) is 1. The minimum Gasteiger partial charge on any atom is -0.381 e. The lowest BCUT2D eigenvalue weighted by molar-refractivity contribution is 0.0612. The average molecular weight is 220 g/mol. The Hall–Kier alpha value is -0.603. The Balaban J connectivity index is 2.18. The van der Waals surface area contributed by atoms with Crippen molar-refractivity contribution in [1.82, 2.24) is 0 Å². The largest absolute Gasteiger partial charge is 0.381 e. The second-order valence-corrected chi connectivity index (χ2v) is 9.61. The molecule has 1 aliphatic heterocycles. The van der Waals surface area contributed by atoms with Gasteiger partial charge in [0.1, 0.15) is 8.07 Å². The quantitative estimate of drug-likeness (QED) is 0.696. The van der Waals surface area contributed by atoms with Crippen molar-refractivity contribution in [3.8, 4) is 0 Å². The maximum absolute atomic E-state index is 5.96. The van der Waals surface area contributed by atoms with E-state index >= 15 is 0 Å². The molecule has 82 valence electrons. The lowest BCUT2D eigenvalue weighted by atomic mass is 10.2. The Labute approximate surface area is 93.5 Å². The van der Waals surface area contributed by atoms with Gasteiger partial charge in [0.05, 0.1) is 5.73 Å². The van der Waals surface area contributed by atoms with Crippen LogP contribution in [0.25, 0.3) is 0 Å². The van der Waals surface area contributed by atoms with Gasteiger partial charge in [-0.1, -0.05) is 48.6 Å². The van der Waals surface area contributed by atoms with Crippen molar-refractivity contribution in [2.24, 2.45) is 0 Å². The van der Waals surface area contributed by atoms with Gasteiger partial charge in [0.25, 0.3) is 0 Å². The molecule has 1 aromatic rings. The number of ether oxygens (including phenoxy) is 1. The minimum atomic E-state index is -1.40. The Kier molecular flexibility index (Phi) is 3.27. The molecule has 0 N–H and O–H groups in total. The summed E-state index contributed by atoms with van der Waals surface area (Å²) in [4.78, 5) is 0. The topological polar surface area (TPSA) is 9.23 Å². The van der Waals surface area contributed by atoms with E-state index in [4.69, 9.17) is 4.74 Å². The number of hydrogen-bond donors (Lipinski definition) is 0. The van der Waals surface area contributed by atoms with Crippen molar-refractivity contribution in [2.45, 2.75) is 38.1 Å². The SMILES string of the molecule is C[Si](C)(c1ccccc1)C1CCCCO1. The summed E-state index contributed by atoms with van der Waals surface area (Å²) in [6, 6.07) is 10.9. The molecule has 2 rings (SSSR count). The van der Waals surface area contributed by atoms with Crippen molar-refractivity contribution in [1.29, 1.82) is 0 Å². The molecule has 0 bridgehead atoms. The van der Waals surface area contributed by atoms with Crippen molar-refractivity contribution in [3.05, 3.63) is 30.3 Å². The maximum atomic E-state index is 5.96. The minimum absolute atomic E-state index is 0.522. The highest BCUT2D eigenvalue weighted by Gasteiger charge is 2.35. The fourth-order valence-corrected chi connectivity index (χ4v) is 5.25. The molecule has 0 saturated carbocycles. The van der Waals surface area contributed by atoms with Crippen LogP contribution in [0.15, 0.2) is 30.3 Å². The third-order valence-corrected chi connectivity index (χ3v) is 7.39. The molecule has 1 unspecified atom stereocenters. The standard InChI is InChI=1S/C13H20OSi/c1-15(2,12-8-4-3-5-9-12)13-10-6-7-11-14-13/h3-5,8-9,13H,6-7,10-11H2,1-2H3. The van der Waals surface area contributed by atoms with Gasteiger partial charge in [-0.15, -0.1) is 0 Å². The first-order chi connectivity index (χ1) is 7.21. The van der Waals surface area contributed by atoms with E-state index in [2.05, 4.69) is 43.4 Å².